The molecule has 0 rings (SSSR count). The van der Waals surface area contributed by atoms with Crippen molar-refractivity contribution in [2.75, 3.05) is 6.54 Å². The molecule has 0 saturated carbocycles. The molecular formula is C6H19NOSi2. The van der Waals surface area contributed by atoms with Crippen molar-refractivity contribution in [2.24, 2.45) is 0 Å². The van der Waals surface area contributed by atoms with Crippen LogP contribution >= 0.6 is 0 Å². The molecule has 0 amide bonds. The van der Waals surface area contributed by atoms with Crippen LogP contribution in [0.1, 0.15) is 6.42 Å². The molecule has 10 heavy (non-hydrogen) atoms. The Kier molecular flexibility index (Phi) is 5.24. The molecule has 0 atom stereocenters. The van der Waals surface area contributed by atoms with E-state index in [1.807, 2.05) is 0 Å². The Labute approximate surface area is 67.9 Å². The first-order valence-electron chi connectivity index (χ1n) is 3.97. The van der Waals surface area contributed by atoms with Crippen LogP contribution in [-0.4, -0.2) is 25.1 Å². The first-order valence-corrected chi connectivity index (χ1v) is 8.79. The lowest BCUT2D eigenvalue weighted by molar-refractivity contribution is 0.188. The SMILES string of the molecule is C[Si](C)(C)ONCCC[SiH3]. The summed E-state index contributed by atoms with van der Waals surface area (Å²) in [4.78, 5) is 0. The zero-order valence-corrected chi connectivity index (χ0v) is 10.5. The van der Waals surface area contributed by atoms with Crippen LogP contribution in [0.2, 0.25) is 25.7 Å². The summed E-state index contributed by atoms with van der Waals surface area (Å²) in [5.74, 6) is 0. The van der Waals surface area contributed by atoms with Crippen LogP contribution in [0.25, 0.3) is 0 Å². The fraction of sp³-hybridized carbons (Fsp3) is 1.00. The van der Waals surface area contributed by atoms with E-state index in [1.54, 1.807) is 0 Å². The van der Waals surface area contributed by atoms with Crippen molar-refractivity contribution in [3.63, 3.8) is 0 Å². The number of hydroxylamine groups is 1. The monoisotopic (exact) mass is 177 g/mol. The second-order valence-corrected chi connectivity index (χ2v) is 8.89. The number of rotatable bonds is 5. The zero-order valence-electron chi connectivity index (χ0n) is 7.53. The molecule has 0 spiro atoms. The molecule has 62 valence electrons. The third kappa shape index (κ3) is 8.35. The third-order valence-electron chi connectivity index (χ3n) is 1.01. The lowest BCUT2D eigenvalue weighted by Crippen LogP contribution is -2.34. The van der Waals surface area contributed by atoms with Crippen LogP contribution in [0.5, 0.6) is 0 Å². The molecule has 0 aliphatic heterocycles. The van der Waals surface area contributed by atoms with E-state index in [-0.39, 0.29) is 0 Å². The van der Waals surface area contributed by atoms with Gasteiger partial charge < -0.3 is 4.53 Å². The summed E-state index contributed by atoms with van der Waals surface area (Å²) >= 11 is 0. The summed E-state index contributed by atoms with van der Waals surface area (Å²) in [6.07, 6.45) is 1.26. The fourth-order valence-corrected chi connectivity index (χ4v) is 1.41. The molecule has 0 fully saturated rings. The van der Waals surface area contributed by atoms with Crippen molar-refractivity contribution in [1.29, 1.82) is 0 Å². The van der Waals surface area contributed by atoms with E-state index < -0.39 is 8.32 Å². The average molecular weight is 177 g/mol. The van der Waals surface area contributed by atoms with Crippen molar-refractivity contribution in [3.05, 3.63) is 0 Å². The van der Waals surface area contributed by atoms with Crippen molar-refractivity contribution in [3.8, 4) is 0 Å². The van der Waals surface area contributed by atoms with Gasteiger partial charge in [0.05, 0.1) is 0 Å². The van der Waals surface area contributed by atoms with E-state index in [1.165, 1.54) is 22.7 Å². The maximum Gasteiger partial charge on any atom is 0.211 e. The summed E-state index contributed by atoms with van der Waals surface area (Å²) in [6, 6.07) is 1.36. The normalized spacial score (nSPS) is 12.3. The van der Waals surface area contributed by atoms with Gasteiger partial charge in [0.15, 0.2) is 0 Å². The number of nitrogens with one attached hydrogen (secondary N) is 1. The Morgan fingerprint density at radius 2 is 2.00 bits per heavy atom. The predicted octanol–water partition coefficient (Wildman–Crippen LogP) is 0.516. The zero-order chi connectivity index (χ0) is 8.04. The fourth-order valence-electron chi connectivity index (χ4n) is 0.516. The molecule has 0 aromatic rings. The largest absolute Gasteiger partial charge is 0.346 e. The quantitative estimate of drug-likeness (QED) is 0.375. The lowest BCUT2D eigenvalue weighted by atomic mass is 10.5. The van der Waals surface area contributed by atoms with E-state index in [9.17, 15) is 0 Å². The molecule has 0 saturated heterocycles. The van der Waals surface area contributed by atoms with E-state index in [2.05, 4.69) is 25.1 Å². The standard InChI is InChI=1S/C6H19NOSi2/c1-10(2,3)8-7-5-4-6-9/h7H,4-6H2,1-3,9H3. The summed E-state index contributed by atoms with van der Waals surface area (Å²) in [7, 11) is 0.00387. The Morgan fingerprint density at radius 3 is 2.40 bits per heavy atom. The molecule has 0 aromatic carbocycles. The molecule has 0 radical (unpaired) electrons. The maximum absolute atomic E-state index is 5.44. The minimum atomic E-state index is -1.31. The molecule has 0 bridgehead atoms. The minimum absolute atomic E-state index is 1.02. The highest BCUT2D eigenvalue weighted by Crippen LogP contribution is 1.98. The van der Waals surface area contributed by atoms with Crippen LogP contribution in [0.3, 0.4) is 0 Å². The van der Waals surface area contributed by atoms with Gasteiger partial charge in [-0.25, -0.2) is 5.48 Å². The Balaban J connectivity index is 3.04. The molecule has 0 aromatic heterocycles. The van der Waals surface area contributed by atoms with Gasteiger partial charge in [-0.15, -0.1) is 0 Å². The van der Waals surface area contributed by atoms with Crippen molar-refractivity contribution in [2.45, 2.75) is 32.1 Å². The molecule has 0 heterocycles. The van der Waals surface area contributed by atoms with Gasteiger partial charge in [0.2, 0.25) is 8.32 Å². The van der Waals surface area contributed by atoms with E-state index in [4.69, 9.17) is 4.53 Å². The van der Waals surface area contributed by atoms with Gasteiger partial charge in [-0.05, 0) is 26.1 Å². The highest BCUT2D eigenvalue weighted by Gasteiger charge is 2.13. The lowest BCUT2D eigenvalue weighted by Gasteiger charge is -2.16. The predicted molar refractivity (Wildman–Crippen MR) is 51.8 cm³/mol. The van der Waals surface area contributed by atoms with Gasteiger partial charge in [0.25, 0.3) is 0 Å². The molecular weight excluding hydrogens is 158 g/mol. The summed E-state index contributed by atoms with van der Waals surface area (Å²) in [5, 5.41) is 0. The molecule has 2 nitrogen and oxygen atoms in total. The summed E-state index contributed by atoms with van der Waals surface area (Å²) < 4.78 is 5.44. The molecule has 1 N–H and O–H groups in total. The van der Waals surface area contributed by atoms with E-state index in [0.29, 0.717) is 0 Å². The maximum atomic E-state index is 5.44. The minimum Gasteiger partial charge on any atom is -0.346 e. The summed E-state index contributed by atoms with van der Waals surface area (Å²) in [6.45, 7) is 7.57. The third-order valence-corrected chi connectivity index (χ3v) is 2.47. The van der Waals surface area contributed by atoms with Crippen LogP contribution in [0.15, 0.2) is 0 Å². The highest BCUT2D eigenvalue weighted by atomic mass is 28.4. The van der Waals surface area contributed by atoms with Crippen molar-refractivity contribution < 1.29 is 4.53 Å². The Bertz CT molecular complexity index is 82.3. The molecule has 0 aliphatic rings. The topological polar surface area (TPSA) is 21.3 Å². The first kappa shape index (κ1) is 10.4. The summed E-state index contributed by atoms with van der Waals surface area (Å²) in [5.41, 5.74) is 3.01. The van der Waals surface area contributed by atoms with Crippen LogP contribution in [-0.2, 0) is 4.53 Å². The van der Waals surface area contributed by atoms with Gasteiger partial charge in [-0.1, -0.05) is 6.04 Å². The van der Waals surface area contributed by atoms with Gasteiger partial charge >= 0.3 is 0 Å². The van der Waals surface area contributed by atoms with Crippen LogP contribution in [0, 0.1) is 0 Å². The first-order chi connectivity index (χ1) is 4.56. The van der Waals surface area contributed by atoms with Gasteiger partial charge in [0, 0.05) is 16.8 Å². The smallest absolute Gasteiger partial charge is 0.211 e. The van der Waals surface area contributed by atoms with Crippen molar-refractivity contribution >= 4 is 18.6 Å². The van der Waals surface area contributed by atoms with Crippen LogP contribution < -0.4 is 5.48 Å². The number of hydrogen-bond acceptors (Lipinski definition) is 2. The van der Waals surface area contributed by atoms with Crippen LogP contribution in [0.4, 0.5) is 0 Å². The second kappa shape index (κ2) is 5.06. The van der Waals surface area contributed by atoms with Gasteiger partial charge in [-0.3, -0.25) is 0 Å². The second-order valence-electron chi connectivity index (χ2n) is 3.46. The molecule has 0 aliphatic carbocycles. The number of hydrogen-bond donors (Lipinski definition) is 1. The van der Waals surface area contributed by atoms with Gasteiger partial charge in [-0.2, -0.15) is 0 Å². The highest BCUT2D eigenvalue weighted by molar-refractivity contribution is 6.69. The Hall–Kier alpha value is 0.354. The average Bonchev–Trinajstić information content (AvgIpc) is 1.78. The Morgan fingerprint density at radius 1 is 1.40 bits per heavy atom. The molecule has 4 heteroatoms. The van der Waals surface area contributed by atoms with E-state index in [0.717, 1.165) is 6.54 Å². The van der Waals surface area contributed by atoms with Crippen molar-refractivity contribution in [1.82, 2.24) is 5.48 Å². The van der Waals surface area contributed by atoms with Gasteiger partial charge in [0.1, 0.15) is 0 Å². The molecule has 0 unspecified atom stereocenters. The van der Waals surface area contributed by atoms with E-state index >= 15 is 0 Å².